The van der Waals surface area contributed by atoms with Crippen molar-refractivity contribution in [1.82, 2.24) is 14.8 Å². The lowest BCUT2D eigenvalue weighted by Crippen LogP contribution is -2.22. The first-order valence-corrected chi connectivity index (χ1v) is 8.02. The first-order chi connectivity index (χ1) is 10.1. The highest BCUT2D eigenvalue weighted by molar-refractivity contribution is 8.00. The highest BCUT2D eigenvalue weighted by Gasteiger charge is 2.27. The van der Waals surface area contributed by atoms with Gasteiger partial charge in [-0.2, -0.15) is 0 Å². The molecule has 2 aromatic rings. The molecule has 7 heteroatoms. The smallest absolute Gasteiger partial charge is 0.237 e. The van der Waals surface area contributed by atoms with Crippen LogP contribution in [0.3, 0.4) is 0 Å². The second kappa shape index (κ2) is 6.07. The number of hydrogen-bond donors (Lipinski definition) is 1. The number of anilines is 1. The summed E-state index contributed by atoms with van der Waals surface area (Å²) in [5.41, 5.74) is 0.698. The zero-order valence-corrected chi connectivity index (χ0v) is 13.1. The second-order valence-corrected chi connectivity index (χ2v) is 6.76. The van der Waals surface area contributed by atoms with E-state index in [4.69, 9.17) is 11.6 Å². The van der Waals surface area contributed by atoms with Crippen molar-refractivity contribution in [1.29, 1.82) is 0 Å². The molecule has 1 saturated carbocycles. The van der Waals surface area contributed by atoms with E-state index in [9.17, 15) is 4.79 Å². The van der Waals surface area contributed by atoms with Crippen LogP contribution in [-0.2, 0) is 4.79 Å². The number of aromatic nitrogens is 3. The number of carbonyl (C=O) groups is 1. The number of benzene rings is 1. The molecule has 0 spiro atoms. The molecule has 0 aliphatic heterocycles. The van der Waals surface area contributed by atoms with Gasteiger partial charge in [0.05, 0.1) is 5.25 Å². The molecule has 3 rings (SSSR count). The molecule has 1 N–H and O–H groups in total. The SMILES string of the molecule is C[C@@H](Sc1nncn1C1CC1)C(=O)Nc1cccc(Cl)c1. The van der Waals surface area contributed by atoms with E-state index in [0.29, 0.717) is 16.8 Å². The van der Waals surface area contributed by atoms with Gasteiger partial charge in [0.25, 0.3) is 0 Å². The van der Waals surface area contributed by atoms with Crippen molar-refractivity contribution in [2.24, 2.45) is 0 Å². The monoisotopic (exact) mass is 322 g/mol. The van der Waals surface area contributed by atoms with Crippen LogP contribution in [0, 0.1) is 0 Å². The van der Waals surface area contributed by atoms with Gasteiger partial charge in [0.1, 0.15) is 6.33 Å². The average Bonchev–Trinajstić information content (AvgIpc) is 3.19. The number of halogens is 1. The third-order valence-corrected chi connectivity index (χ3v) is 4.53. The molecule has 0 unspecified atom stereocenters. The summed E-state index contributed by atoms with van der Waals surface area (Å²) in [5, 5.41) is 12.0. The Hall–Kier alpha value is -1.53. The van der Waals surface area contributed by atoms with Crippen LogP contribution in [0.5, 0.6) is 0 Å². The minimum atomic E-state index is -0.259. The van der Waals surface area contributed by atoms with Gasteiger partial charge < -0.3 is 9.88 Å². The number of carbonyl (C=O) groups excluding carboxylic acids is 1. The molecule has 0 bridgehead atoms. The molecular formula is C14H15ClN4OS. The molecule has 21 heavy (non-hydrogen) atoms. The predicted octanol–water partition coefficient (Wildman–Crippen LogP) is 3.39. The van der Waals surface area contributed by atoms with Crippen molar-refractivity contribution in [3.63, 3.8) is 0 Å². The third-order valence-electron chi connectivity index (χ3n) is 3.22. The van der Waals surface area contributed by atoms with E-state index in [0.717, 1.165) is 18.0 Å². The lowest BCUT2D eigenvalue weighted by atomic mass is 10.3. The molecule has 1 amide bonds. The van der Waals surface area contributed by atoms with Gasteiger partial charge in [-0.25, -0.2) is 0 Å². The third kappa shape index (κ3) is 3.57. The highest BCUT2D eigenvalue weighted by Crippen LogP contribution is 2.38. The van der Waals surface area contributed by atoms with E-state index >= 15 is 0 Å². The van der Waals surface area contributed by atoms with E-state index in [1.165, 1.54) is 11.8 Å². The van der Waals surface area contributed by atoms with Crippen molar-refractivity contribution in [3.8, 4) is 0 Å². The molecule has 0 saturated heterocycles. The van der Waals surface area contributed by atoms with Crippen molar-refractivity contribution in [2.45, 2.75) is 36.2 Å². The Morgan fingerprint density at radius 3 is 3.05 bits per heavy atom. The molecule has 0 radical (unpaired) electrons. The summed E-state index contributed by atoms with van der Waals surface area (Å²) in [4.78, 5) is 12.2. The normalized spacial score (nSPS) is 15.7. The van der Waals surface area contributed by atoms with Gasteiger partial charge in [0.15, 0.2) is 5.16 Å². The van der Waals surface area contributed by atoms with E-state index in [1.807, 2.05) is 17.6 Å². The van der Waals surface area contributed by atoms with Crippen LogP contribution in [0.2, 0.25) is 5.02 Å². The van der Waals surface area contributed by atoms with Crippen LogP contribution in [0.15, 0.2) is 35.7 Å². The summed E-state index contributed by atoms with van der Waals surface area (Å²) in [6, 6.07) is 7.62. The molecule has 1 aromatic heterocycles. The quantitative estimate of drug-likeness (QED) is 0.857. The second-order valence-electron chi connectivity index (χ2n) is 5.01. The molecular weight excluding hydrogens is 308 g/mol. The zero-order chi connectivity index (χ0) is 14.8. The summed E-state index contributed by atoms with van der Waals surface area (Å²) < 4.78 is 2.05. The van der Waals surface area contributed by atoms with Crippen LogP contribution >= 0.6 is 23.4 Å². The summed E-state index contributed by atoms with van der Waals surface area (Å²) in [6.07, 6.45) is 4.06. The average molecular weight is 323 g/mol. The molecule has 1 heterocycles. The predicted molar refractivity (Wildman–Crippen MR) is 83.7 cm³/mol. The number of rotatable bonds is 5. The first kappa shape index (κ1) is 14.4. The Balaban J connectivity index is 1.63. The van der Waals surface area contributed by atoms with Gasteiger partial charge in [-0.05, 0) is 38.0 Å². The molecule has 1 aromatic carbocycles. The number of hydrogen-bond acceptors (Lipinski definition) is 4. The summed E-state index contributed by atoms with van der Waals surface area (Å²) >= 11 is 7.33. The fraction of sp³-hybridized carbons (Fsp3) is 0.357. The first-order valence-electron chi connectivity index (χ1n) is 6.76. The minimum absolute atomic E-state index is 0.0763. The molecule has 1 fully saturated rings. The van der Waals surface area contributed by atoms with Gasteiger partial charge in [-0.1, -0.05) is 29.4 Å². The van der Waals surface area contributed by atoms with Crippen molar-refractivity contribution in [3.05, 3.63) is 35.6 Å². The van der Waals surface area contributed by atoms with E-state index in [2.05, 4.69) is 15.5 Å². The Morgan fingerprint density at radius 1 is 1.52 bits per heavy atom. The van der Waals surface area contributed by atoms with Gasteiger partial charge in [0, 0.05) is 16.8 Å². The lowest BCUT2D eigenvalue weighted by molar-refractivity contribution is -0.115. The van der Waals surface area contributed by atoms with Crippen LogP contribution in [-0.4, -0.2) is 25.9 Å². The molecule has 1 aliphatic rings. The summed E-state index contributed by atoms with van der Waals surface area (Å²) in [7, 11) is 0. The van der Waals surface area contributed by atoms with Gasteiger partial charge in [-0.3, -0.25) is 4.79 Å². The van der Waals surface area contributed by atoms with Crippen molar-refractivity contribution in [2.75, 3.05) is 5.32 Å². The maximum absolute atomic E-state index is 12.2. The summed E-state index contributed by atoms with van der Waals surface area (Å²) in [5.74, 6) is -0.0763. The van der Waals surface area contributed by atoms with E-state index < -0.39 is 0 Å². The highest BCUT2D eigenvalue weighted by atomic mass is 35.5. The van der Waals surface area contributed by atoms with Gasteiger partial charge in [0.2, 0.25) is 5.91 Å². The van der Waals surface area contributed by atoms with Gasteiger partial charge in [-0.15, -0.1) is 10.2 Å². The number of nitrogens with zero attached hydrogens (tertiary/aromatic N) is 3. The largest absolute Gasteiger partial charge is 0.325 e. The fourth-order valence-corrected chi connectivity index (χ4v) is 3.03. The molecule has 110 valence electrons. The fourth-order valence-electron chi connectivity index (χ4n) is 1.94. The zero-order valence-electron chi connectivity index (χ0n) is 11.5. The topological polar surface area (TPSA) is 59.8 Å². The number of thioether (sulfide) groups is 1. The maximum atomic E-state index is 12.2. The number of nitrogens with one attached hydrogen (secondary N) is 1. The van der Waals surface area contributed by atoms with Crippen LogP contribution < -0.4 is 5.32 Å². The molecule has 1 atom stereocenters. The van der Waals surface area contributed by atoms with E-state index in [-0.39, 0.29) is 11.2 Å². The summed E-state index contributed by atoms with van der Waals surface area (Å²) in [6.45, 7) is 1.86. The van der Waals surface area contributed by atoms with E-state index in [1.54, 1.807) is 24.5 Å². The van der Waals surface area contributed by atoms with Crippen LogP contribution in [0.25, 0.3) is 0 Å². The molecule has 1 aliphatic carbocycles. The van der Waals surface area contributed by atoms with Crippen LogP contribution in [0.4, 0.5) is 5.69 Å². The van der Waals surface area contributed by atoms with Crippen LogP contribution in [0.1, 0.15) is 25.8 Å². The number of amides is 1. The van der Waals surface area contributed by atoms with Crippen molar-refractivity contribution >= 4 is 35.0 Å². The Kier molecular flexibility index (Phi) is 4.17. The van der Waals surface area contributed by atoms with Gasteiger partial charge >= 0.3 is 0 Å². The standard InChI is InChI=1S/C14H15ClN4OS/c1-9(13(20)17-11-4-2-3-10(15)7-11)21-14-18-16-8-19(14)12-5-6-12/h2-4,7-9,12H,5-6H2,1H3,(H,17,20)/t9-/m1/s1. The Bertz CT molecular complexity index is 656. The van der Waals surface area contributed by atoms with Crippen molar-refractivity contribution < 1.29 is 4.79 Å². The lowest BCUT2D eigenvalue weighted by Gasteiger charge is -2.12. The minimum Gasteiger partial charge on any atom is -0.325 e. The maximum Gasteiger partial charge on any atom is 0.237 e. The Labute approximate surface area is 132 Å². The Morgan fingerprint density at radius 2 is 2.33 bits per heavy atom. The molecule has 5 nitrogen and oxygen atoms in total.